The number of nitrogens with zero attached hydrogens (tertiary/aromatic N) is 4. The monoisotopic (exact) mass is 403 g/mol. The molecule has 1 N–H and O–H groups in total. The minimum atomic E-state index is 0.494. The number of thiophene rings is 1. The normalized spacial score (nSPS) is 11.1. The molecular formula is C21H17N5O2S. The second-order valence-electron chi connectivity index (χ2n) is 6.07. The zero-order valence-electron chi connectivity index (χ0n) is 15.8. The molecule has 29 heavy (non-hydrogen) atoms. The van der Waals surface area contributed by atoms with Gasteiger partial charge in [0, 0.05) is 5.56 Å². The third-order valence-electron chi connectivity index (χ3n) is 4.14. The lowest BCUT2D eigenvalue weighted by Crippen LogP contribution is -1.94. The molecule has 0 amide bonds. The number of ether oxygens (including phenoxy) is 1. The van der Waals surface area contributed by atoms with Crippen molar-refractivity contribution in [3.63, 3.8) is 0 Å². The fourth-order valence-electron chi connectivity index (χ4n) is 2.90. The quantitative estimate of drug-likeness (QED) is 0.360. The van der Waals surface area contributed by atoms with E-state index in [0.29, 0.717) is 29.3 Å². The SMILES string of the molecule is CCOc1ccccc1-c1sc2c(N/N=C/c3ccc(C)o3)ncnc2c1C#N. The summed E-state index contributed by atoms with van der Waals surface area (Å²) in [6, 6.07) is 13.6. The molecule has 1 aromatic carbocycles. The van der Waals surface area contributed by atoms with Gasteiger partial charge in [-0.05, 0) is 38.1 Å². The van der Waals surface area contributed by atoms with Crippen molar-refractivity contribution in [2.75, 3.05) is 12.0 Å². The molecule has 0 unspecified atom stereocenters. The van der Waals surface area contributed by atoms with Crippen LogP contribution < -0.4 is 10.2 Å². The molecule has 3 aromatic heterocycles. The predicted molar refractivity (Wildman–Crippen MR) is 113 cm³/mol. The highest BCUT2D eigenvalue weighted by Crippen LogP contribution is 2.43. The van der Waals surface area contributed by atoms with Crippen LogP contribution in [0.5, 0.6) is 5.75 Å². The van der Waals surface area contributed by atoms with E-state index in [0.717, 1.165) is 26.7 Å². The number of aromatic nitrogens is 2. The van der Waals surface area contributed by atoms with Crippen LogP contribution in [0.4, 0.5) is 5.82 Å². The first kappa shape index (κ1) is 18.7. The van der Waals surface area contributed by atoms with Gasteiger partial charge in [-0.3, -0.25) is 5.43 Å². The van der Waals surface area contributed by atoms with Gasteiger partial charge in [0.1, 0.15) is 35.2 Å². The van der Waals surface area contributed by atoms with E-state index in [2.05, 4.69) is 26.6 Å². The van der Waals surface area contributed by atoms with E-state index < -0.39 is 0 Å². The molecule has 3 heterocycles. The highest BCUT2D eigenvalue weighted by molar-refractivity contribution is 7.23. The number of nitrogens with one attached hydrogen (secondary N) is 1. The number of hydrogen-bond donors (Lipinski definition) is 1. The van der Waals surface area contributed by atoms with E-state index in [-0.39, 0.29) is 0 Å². The molecule has 0 saturated heterocycles. The van der Waals surface area contributed by atoms with Crippen LogP contribution in [0.3, 0.4) is 0 Å². The Balaban J connectivity index is 1.76. The number of anilines is 1. The average Bonchev–Trinajstić information content (AvgIpc) is 3.32. The first-order valence-electron chi connectivity index (χ1n) is 8.96. The van der Waals surface area contributed by atoms with Crippen LogP contribution >= 0.6 is 11.3 Å². The van der Waals surface area contributed by atoms with Gasteiger partial charge >= 0.3 is 0 Å². The molecule has 0 radical (unpaired) electrons. The van der Waals surface area contributed by atoms with E-state index >= 15 is 0 Å². The summed E-state index contributed by atoms with van der Waals surface area (Å²) < 4.78 is 12.0. The Labute approximate surface area is 171 Å². The first-order valence-corrected chi connectivity index (χ1v) is 9.78. The summed E-state index contributed by atoms with van der Waals surface area (Å²) >= 11 is 1.43. The molecule has 0 saturated carbocycles. The van der Waals surface area contributed by atoms with E-state index in [1.165, 1.54) is 17.7 Å². The van der Waals surface area contributed by atoms with E-state index in [9.17, 15) is 5.26 Å². The lowest BCUT2D eigenvalue weighted by Gasteiger charge is -2.08. The number of hydrogen-bond acceptors (Lipinski definition) is 8. The molecule has 0 spiro atoms. The number of fused-ring (bicyclic) bond motifs is 1. The smallest absolute Gasteiger partial charge is 0.167 e. The molecule has 0 aliphatic rings. The summed E-state index contributed by atoms with van der Waals surface area (Å²) in [5.41, 5.74) is 4.86. The van der Waals surface area contributed by atoms with Crippen molar-refractivity contribution in [2.45, 2.75) is 13.8 Å². The van der Waals surface area contributed by atoms with Crippen LogP contribution in [0.1, 0.15) is 24.0 Å². The van der Waals surface area contributed by atoms with Crippen LogP contribution in [0.2, 0.25) is 0 Å². The number of rotatable bonds is 6. The van der Waals surface area contributed by atoms with Gasteiger partial charge in [0.2, 0.25) is 0 Å². The summed E-state index contributed by atoms with van der Waals surface area (Å²) in [4.78, 5) is 9.41. The summed E-state index contributed by atoms with van der Waals surface area (Å²) in [5, 5.41) is 14.0. The molecule has 7 nitrogen and oxygen atoms in total. The third-order valence-corrected chi connectivity index (χ3v) is 5.36. The predicted octanol–water partition coefficient (Wildman–Crippen LogP) is 4.98. The Kier molecular flexibility index (Phi) is 5.22. The summed E-state index contributed by atoms with van der Waals surface area (Å²) in [6.45, 7) is 4.34. The maximum Gasteiger partial charge on any atom is 0.167 e. The number of furan rings is 1. The first-order chi connectivity index (χ1) is 14.2. The highest BCUT2D eigenvalue weighted by atomic mass is 32.1. The summed E-state index contributed by atoms with van der Waals surface area (Å²) in [6.07, 6.45) is 2.99. The van der Waals surface area contributed by atoms with Gasteiger partial charge in [0.05, 0.1) is 28.0 Å². The fraction of sp³-hybridized carbons (Fsp3) is 0.143. The van der Waals surface area contributed by atoms with Crippen LogP contribution in [0, 0.1) is 18.3 Å². The molecule has 0 bridgehead atoms. The van der Waals surface area contributed by atoms with Gasteiger partial charge in [0.15, 0.2) is 5.82 Å². The minimum Gasteiger partial charge on any atom is -0.493 e. The number of hydrazone groups is 1. The van der Waals surface area contributed by atoms with Gasteiger partial charge in [-0.15, -0.1) is 11.3 Å². The molecule has 0 aliphatic heterocycles. The van der Waals surface area contributed by atoms with Crippen molar-refractivity contribution in [2.24, 2.45) is 5.10 Å². The second-order valence-corrected chi connectivity index (χ2v) is 7.09. The van der Waals surface area contributed by atoms with Gasteiger partial charge in [0.25, 0.3) is 0 Å². The largest absolute Gasteiger partial charge is 0.493 e. The molecule has 0 aliphatic carbocycles. The lowest BCUT2D eigenvalue weighted by atomic mass is 10.1. The van der Waals surface area contributed by atoms with Gasteiger partial charge < -0.3 is 9.15 Å². The molecule has 4 aromatic rings. The topological polar surface area (TPSA) is 96.3 Å². The fourth-order valence-corrected chi connectivity index (χ4v) is 4.07. The van der Waals surface area contributed by atoms with Crippen molar-refractivity contribution in [1.82, 2.24) is 9.97 Å². The van der Waals surface area contributed by atoms with Crippen molar-refractivity contribution in [3.8, 4) is 22.3 Å². The number of nitriles is 1. The third kappa shape index (κ3) is 3.68. The van der Waals surface area contributed by atoms with Crippen molar-refractivity contribution >= 4 is 33.6 Å². The Morgan fingerprint density at radius 1 is 1.28 bits per heavy atom. The van der Waals surface area contributed by atoms with Gasteiger partial charge in [-0.1, -0.05) is 12.1 Å². The number of para-hydroxylation sites is 1. The van der Waals surface area contributed by atoms with Crippen LogP contribution in [-0.2, 0) is 0 Å². The van der Waals surface area contributed by atoms with Gasteiger partial charge in [-0.25, -0.2) is 9.97 Å². The van der Waals surface area contributed by atoms with Crippen molar-refractivity contribution in [3.05, 3.63) is 59.8 Å². The number of aryl methyl sites for hydroxylation is 1. The van der Waals surface area contributed by atoms with E-state index in [1.54, 1.807) is 6.21 Å². The Morgan fingerprint density at radius 3 is 2.90 bits per heavy atom. The average molecular weight is 403 g/mol. The van der Waals surface area contributed by atoms with Gasteiger partial charge in [-0.2, -0.15) is 10.4 Å². The van der Waals surface area contributed by atoms with Crippen LogP contribution in [0.15, 0.2) is 52.2 Å². The molecule has 144 valence electrons. The Morgan fingerprint density at radius 2 is 2.14 bits per heavy atom. The molecule has 0 fully saturated rings. The molecule has 4 rings (SSSR count). The summed E-state index contributed by atoms with van der Waals surface area (Å²) in [7, 11) is 0. The maximum absolute atomic E-state index is 9.80. The van der Waals surface area contributed by atoms with E-state index in [1.807, 2.05) is 50.2 Å². The van der Waals surface area contributed by atoms with Crippen molar-refractivity contribution in [1.29, 1.82) is 5.26 Å². The van der Waals surface area contributed by atoms with Crippen LogP contribution in [-0.4, -0.2) is 22.8 Å². The molecule has 0 atom stereocenters. The standard InChI is InChI=1S/C21H17N5O2S/c1-3-27-17-7-5-4-6-15(17)19-16(10-22)18-20(29-19)21(24-12-23-18)26-25-11-14-9-8-13(2)28-14/h4-9,11-12H,3H2,1-2H3,(H,23,24,26)/b25-11+. The maximum atomic E-state index is 9.80. The van der Waals surface area contributed by atoms with Crippen molar-refractivity contribution < 1.29 is 9.15 Å². The molecular weight excluding hydrogens is 386 g/mol. The van der Waals surface area contributed by atoms with Crippen LogP contribution in [0.25, 0.3) is 20.7 Å². The summed E-state index contributed by atoms with van der Waals surface area (Å²) in [5.74, 6) is 2.70. The molecule has 8 heteroatoms. The number of benzene rings is 1. The second kappa shape index (κ2) is 8.12. The zero-order chi connectivity index (χ0) is 20.2. The highest BCUT2D eigenvalue weighted by Gasteiger charge is 2.20. The Bertz CT molecular complexity index is 1240. The zero-order valence-corrected chi connectivity index (χ0v) is 16.7. The van der Waals surface area contributed by atoms with E-state index in [4.69, 9.17) is 9.15 Å². The Hall–Kier alpha value is -3.70. The lowest BCUT2D eigenvalue weighted by molar-refractivity contribution is 0.341. The minimum absolute atomic E-state index is 0.494.